The number of carbonyl (C=O) groups is 1. The smallest absolute Gasteiger partial charge is 0.248 e. The molecule has 0 radical (unpaired) electrons. The van der Waals surface area contributed by atoms with Crippen molar-refractivity contribution in [1.82, 2.24) is 0 Å². The van der Waals surface area contributed by atoms with Gasteiger partial charge in [0.1, 0.15) is 12.4 Å². The summed E-state index contributed by atoms with van der Waals surface area (Å²) in [5, 5.41) is 0. The molecule has 4 N–H and O–H groups in total. The van der Waals surface area contributed by atoms with Crippen molar-refractivity contribution < 1.29 is 9.53 Å². The molecule has 21 heavy (non-hydrogen) atoms. The number of nitrogens with two attached hydrogens (primary N) is 2. The largest absolute Gasteiger partial charge is 0.489 e. The van der Waals surface area contributed by atoms with E-state index in [0.717, 1.165) is 11.3 Å². The minimum absolute atomic E-state index is 0.353. The summed E-state index contributed by atoms with van der Waals surface area (Å²) in [6.45, 7) is 4.65. The molecule has 2 aromatic rings. The zero-order valence-electron chi connectivity index (χ0n) is 12.3. The van der Waals surface area contributed by atoms with Crippen LogP contribution in [0.1, 0.15) is 41.3 Å². The van der Waals surface area contributed by atoms with Crippen LogP contribution in [0.2, 0.25) is 0 Å². The summed E-state index contributed by atoms with van der Waals surface area (Å²) in [5.74, 6) is 0.798. The molecule has 0 spiro atoms. The maximum absolute atomic E-state index is 11.1. The molecule has 0 saturated heterocycles. The first-order valence-corrected chi connectivity index (χ1v) is 6.88. The maximum Gasteiger partial charge on any atom is 0.248 e. The Morgan fingerprint density at radius 3 is 2.33 bits per heavy atom. The van der Waals surface area contributed by atoms with Crippen molar-refractivity contribution >= 4 is 11.6 Å². The Kier molecular flexibility index (Phi) is 4.48. The van der Waals surface area contributed by atoms with Crippen LogP contribution in [0, 0.1) is 0 Å². The summed E-state index contributed by atoms with van der Waals surface area (Å²) in [7, 11) is 0. The number of hydrogen-bond donors (Lipinski definition) is 2. The summed E-state index contributed by atoms with van der Waals surface area (Å²) < 4.78 is 5.71. The molecule has 0 unspecified atom stereocenters. The fourth-order valence-corrected chi connectivity index (χ4v) is 1.99. The molecule has 0 fully saturated rings. The van der Waals surface area contributed by atoms with Crippen molar-refractivity contribution in [3.8, 4) is 5.75 Å². The van der Waals surface area contributed by atoms with Gasteiger partial charge in [0.05, 0.1) is 0 Å². The van der Waals surface area contributed by atoms with Gasteiger partial charge in [-0.25, -0.2) is 0 Å². The van der Waals surface area contributed by atoms with Crippen molar-refractivity contribution in [1.29, 1.82) is 0 Å². The zero-order chi connectivity index (χ0) is 15.4. The van der Waals surface area contributed by atoms with Crippen molar-refractivity contribution in [3.63, 3.8) is 0 Å². The van der Waals surface area contributed by atoms with E-state index in [1.54, 1.807) is 18.2 Å². The molecule has 110 valence electrons. The second-order valence-corrected chi connectivity index (χ2v) is 5.29. The second kappa shape index (κ2) is 6.31. The van der Waals surface area contributed by atoms with E-state index in [1.807, 2.05) is 12.1 Å². The van der Waals surface area contributed by atoms with E-state index in [9.17, 15) is 4.79 Å². The van der Waals surface area contributed by atoms with Gasteiger partial charge in [0.15, 0.2) is 0 Å². The van der Waals surface area contributed by atoms with Gasteiger partial charge in [-0.15, -0.1) is 0 Å². The Labute approximate surface area is 124 Å². The van der Waals surface area contributed by atoms with E-state index in [-0.39, 0.29) is 0 Å². The Morgan fingerprint density at radius 2 is 1.81 bits per heavy atom. The molecule has 0 aliphatic heterocycles. The van der Waals surface area contributed by atoms with E-state index >= 15 is 0 Å². The minimum Gasteiger partial charge on any atom is -0.489 e. The molecular formula is C17H20N2O2. The Balaban J connectivity index is 2.04. The van der Waals surface area contributed by atoms with Crippen LogP contribution in [0.25, 0.3) is 0 Å². The number of carbonyl (C=O) groups excluding carboxylic acids is 1. The highest BCUT2D eigenvalue weighted by Crippen LogP contribution is 2.21. The average molecular weight is 284 g/mol. The highest BCUT2D eigenvalue weighted by atomic mass is 16.5. The molecule has 2 rings (SSSR count). The Bertz CT molecular complexity index is 634. The van der Waals surface area contributed by atoms with Gasteiger partial charge in [-0.05, 0) is 35.7 Å². The van der Waals surface area contributed by atoms with Crippen molar-refractivity contribution in [3.05, 3.63) is 59.2 Å². The summed E-state index contributed by atoms with van der Waals surface area (Å²) in [5.41, 5.74) is 14.1. The van der Waals surface area contributed by atoms with E-state index < -0.39 is 5.91 Å². The van der Waals surface area contributed by atoms with Gasteiger partial charge < -0.3 is 16.2 Å². The monoisotopic (exact) mass is 284 g/mol. The zero-order valence-corrected chi connectivity index (χ0v) is 12.3. The third-order valence-electron chi connectivity index (χ3n) is 3.37. The quantitative estimate of drug-likeness (QED) is 0.828. The summed E-state index contributed by atoms with van der Waals surface area (Å²) in [6, 6.07) is 13.0. The first-order valence-electron chi connectivity index (χ1n) is 6.88. The van der Waals surface area contributed by atoms with Crippen LogP contribution in [0.5, 0.6) is 5.75 Å². The van der Waals surface area contributed by atoms with Crippen LogP contribution < -0.4 is 16.2 Å². The van der Waals surface area contributed by atoms with Gasteiger partial charge in [0.25, 0.3) is 0 Å². The van der Waals surface area contributed by atoms with E-state index in [4.69, 9.17) is 16.2 Å². The molecule has 1 amide bonds. The molecule has 0 saturated carbocycles. The van der Waals surface area contributed by atoms with E-state index in [0.29, 0.717) is 23.8 Å². The number of amides is 1. The third kappa shape index (κ3) is 3.75. The van der Waals surface area contributed by atoms with Crippen LogP contribution in [0.3, 0.4) is 0 Å². The molecule has 4 nitrogen and oxygen atoms in total. The van der Waals surface area contributed by atoms with Crippen LogP contribution in [0.15, 0.2) is 42.5 Å². The lowest BCUT2D eigenvalue weighted by Gasteiger charge is -2.11. The summed E-state index contributed by atoms with van der Waals surface area (Å²) in [4.78, 5) is 11.1. The number of primary amides is 1. The van der Waals surface area contributed by atoms with Crippen LogP contribution in [-0.2, 0) is 6.61 Å². The molecule has 0 bridgehead atoms. The fourth-order valence-electron chi connectivity index (χ4n) is 1.99. The van der Waals surface area contributed by atoms with Gasteiger partial charge in [-0.1, -0.05) is 32.0 Å². The molecule has 0 heterocycles. The molecule has 2 aromatic carbocycles. The minimum atomic E-state index is -0.488. The maximum atomic E-state index is 11.1. The Morgan fingerprint density at radius 1 is 1.14 bits per heavy atom. The van der Waals surface area contributed by atoms with Crippen LogP contribution in [0.4, 0.5) is 5.69 Å². The van der Waals surface area contributed by atoms with Gasteiger partial charge in [0.2, 0.25) is 5.91 Å². The number of benzene rings is 2. The van der Waals surface area contributed by atoms with E-state index in [2.05, 4.69) is 26.0 Å². The first kappa shape index (κ1) is 14.9. The topological polar surface area (TPSA) is 78.3 Å². The second-order valence-electron chi connectivity index (χ2n) is 5.29. The normalized spacial score (nSPS) is 10.6. The predicted molar refractivity (Wildman–Crippen MR) is 84.2 cm³/mol. The lowest BCUT2D eigenvalue weighted by atomic mass is 10.0. The van der Waals surface area contributed by atoms with Crippen LogP contribution >= 0.6 is 0 Å². The molecule has 0 atom stereocenters. The highest BCUT2D eigenvalue weighted by Gasteiger charge is 2.06. The molecule has 0 aromatic heterocycles. The third-order valence-corrected chi connectivity index (χ3v) is 3.37. The predicted octanol–water partition coefficient (Wildman–Crippen LogP) is 3.07. The van der Waals surface area contributed by atoms with Gasteiger partial charge >= 0.3 is 0 Å². The molecule has 0 aliphatic carbocycles. The fraction of sp³-hybridized carbons (Fsp3) is 0.235. The number of rotatable bonds is 5. The van der Waals surface area contributed by atoms with E-state index in [1.165, 1.54) is 5.56 Å². The van der Waals surface area contributed by atoms with Crippen molar-refractivity contribution in [2.45, 2.75) is 26.4 Å². The number of hydrogen-bond acceptors (Lipinski definition) is 3. The SMILES string of the molecule is CC(C)c1ccc(OCc2ccc(C(N)=O)cc2N)cc1. The first-order chi connectivity index (χ1) is 9.97. The highest BCUT2D eigenvalue weighted by molar-refractivity contribution is 5.93. The van der Waals surface area contributed by atoms with Crippen molar-refractivity contribution in [2.24, 2.45) is 5.73 Å². The molecule has 0 aliphatic rings. The van der Waals surface area contributed by atoms with Gasteiger partial charge in [-0.3, -0.25) is 4.79 Å². The average Bonchev–Trinajstić information content (AvgIpc) is 2.46. The number of ether oxygens (including phenoxy) is 1. The van der Waals surface area contributed by atoms with Gasteiger partial charge in [-0.2, -0.15) is 0 Å². The number of nitrogen functional groups attached to an aromatic ring is 1. The lowest BCUT2D eigenvalue weighted by Crippen LogP contribution is -2.12. The lowest BCUT2D eigenvalue weighted by molar-refractivity contribution is 0.100. The van der Waals surface area contributed by atoms with Crippen molar-refractivity contribution in [2.75, 3.05) is 5.73 Å². The molecular weight excluding hydrogens is 264 g/mol. The van der Waals surface area contributed by atoms with Crippen LogP contribution in [-0.4, -0.2) is 5.91 Å². The number of anilines is 1. The Hall–Kier alpha value is -2.49. The standard InChI is InChI=1S/C17H20N2O2/c1-11(2)12-5-7-15(8-6-12)21-10-14-4-3-13(17(19)20)9-16(14)18/h3-9,11H,10,18H2,1-2H3,(H2,19,20). The summed E-state index contributed by atoms with van der Waals surface area (Å²) in [6.07, 6.45) is 0. The molecule has 4 heteroatoms. The van der Waals surface area contributed by atoms with Gasteiger partial charge in [0, 0.05) is 16.8 Å². The summed E-state index contributed by atoms with van der Waals surface area (Å²) >= 11 is 0.